The molecule has 3 aromatic rings. The number of hydrogen-bond acceptors (Lipinski definition) is 3. The molecule has 1 atom stereocenters. The minimum Gasteiger partial charge on any atom is -0.422 e. The molecule has 1 aromatic heterocycles. The van der Waals surface area contributed by atoms with Crippen LogP contribution < -0.4 is 21.4 Å². The second-order valence-corrected chi connectivity index (χ2v) is 6.25. The highest BCUT2D eigenvalue weighted by Crippen LogP contribution is 2.15. The average molecular weight is 365 g/mol. The second kappa shape index (κ2) is 7.58. The molecule has 27 heavy (non-hydrogen) atoms. The third-order valence-corrected chi connectivity index (χ3v) is 4.54. The highest BCUT2D eigenvalue weighted by molar-refractivity contribution is 5.97. The Hall–Kier alpha value is -3.21. The van der Waals surface area contributed by atoms with E-state index in [0.717, 1.165) is 16.2 Å². The number of halogens is 1. The number of fused-ring (bicyclic) bond motifs is 1. The summed E-state index contributed by atoms with van der Waals surface area (Å²) in [6.45, 7) is 5.45. The summed E-state index contributed by atoms with van der Waals surface area (Å²) in [7, 11) is 0. The first-order chi connectivity index (χ1) is 12.9. The van der Waals surface area contributed by atoms with Crippen molar-refractivity contribution in [2.24, 2.45) is 0 Å². The smallest absolute Gasteiger partial charge is 0.343 e. The van der Waals surface area contributed by atoms with E-state index < -0.39 is 5.63 Å². The molecular formula is C22H20FNO3. The van der Waals surface area contributed by atoms with Crippen molar-refractivity contribution in [3.05, 3.63) is 80.3 Å². The molecule has 0 bridgehead atoms. The van der Waals surface area contributed by atoms with Crippen LogP contribution in [0.5, 0.6) is 0 Å². The van der Waals surface area contributed by atoms with Crippen molar-refractivity contribution in [1.82, 2.24) is 5.32 Å². The Morgan fingerprint density at radius 2 is 1.74 bits per heavy atom. The molecule has 1 unspecified atom stereocenters. The zero-order chi connectivity index (χ0) is 19.6. The molecule has 138 valence electrons. The Bertz CT molecular complexity index is 1180. The van der Waals surface area contributed by atoms with Gasteiger partial charge < -0.3 is 9.73 Å². The van der Waals surface area contributed by atoms with Crippen LogP contribution in [-0.4, -0.2) is 5.91 Å². The van der Waals surface area contributed by atoms with Gasteiger partial charge in [0, 0.05) is 10.9 Å². The van der Waals surface area contributed by atoms with E-state index in [2.05, 4.69) is 5.32 Å². The third kappa shape index (κ3) is 3.67. The molecular weight excluding hydrogens is 345 g/mol. The summed E-state index contributed by atoms with van der Waals surface area (Å²) in [5.74, 6) is -0.626. The van der Waals surface area contributed by atoms with E-state index in [-0.39, 0.29) is 17.8 Å². The van der Waals surface area contributed by atoms with Crippen molar-refractivity contribution in [2.75, 3.05) is 0 Å². The lowest BCUT2D eigenvalue weighted by Crippen LogP contribution is -2.38. The number of nitrogens with one attached hydrogen (secondary N) is 1. The monoisotopic (exact) mass is 365 g/mol. The topological polar surface area (TPSA) is 59.3 Å². The lowest BCUT2D eigenvalue weighted by molar-refractivity contribution is 0.0940. The molecule has 0 saturated carbocycles. The molecule has 1 amide bonds. The first kappa shape index (κ1) is 18.6. The Balaban J connectivity index is 1.96. The predicted molar refractivity (Wildman–Crippen MR) is 104 cm³/mol. The predicted octanol–water partition coefficient (Wildman–Crippen LogP) is 3.02. The van der Waals surface area contributed by atoms with Crippen LogP contribution in [-0.2, 0) is 0 Å². The van der Waals surface area contributed by atoms with Crippen LogP contribution in [0, 0.1) is 5.82 Å². The highest BCUT2D eigenvalue weighted by Gasteiger charge is 2.13. The van der Waals surface area contributed by atoms with Crippen LogP contribution in [0.25, 0.3) is 23.1 Å². The van der Waals surface area contributed by atoms with Crippen molar-refractivity contribution < 1.29 is 13.6 Å². The van der Waals surface area contributed by atoms with Gasteiger partial charge in [-0.25, -0.2) is 9.18 Å². The fourth-order valence-electron chi connectivity index (χ4n) is 3.08. The van der Waals surface area contributed by atoms with Crippen molar-refractivity contribution in [1.29, 1.82) is 0 Å². The molecule has 0 saturated heterocycles. The van der Waals surface area contributed by atoms with Crippen molar-refractivity contribution in [3.63, 3.8) is 0 Å². The fourth-order valence-corrected chi connectivity index (χ4v) is 3.08. The second-order valence-electron chi connectivity index (χ2n) is 6.25. The number of hydrogen-bond donors (Lipinski definition) is 1. The lowest BCUT2D eigenvalue weighted by Gasteiger charge is -2.14. The van der Waals surface area contributed by atoms with Crippen LogP contribution in [0.15, 0.2) is 51.7 Å². The molecule has 4 nitrogen and oxygen atoms in total. The maximum Gasteiger partial charge on any atom is 0.343 e. The van der Waals surface area contributed by atoms with Gasteiger partial charge in [-0.05, 0) is 61.9 Å². The minimum absolute atomic E-state index is 0.294. The van der Waals surface area contributed by atoms with Gasteiger partial charge in [0.2, 0.25) is 0 Å². The van der Waals surface area contributed by atoms with E-state index in [9.17, 15) is 14.0 Å². The van der Waals surface area contributed by atoms with Gasteiger partial charge in [0.15, 0.2) is 0 Å². The molecule has 5 heteroatoms. The molecule has 0 aliphatic rings. The SMILES string of the molecule is CC=c1c(=O)oc2cc(C(=O)NC(C)c3ccc(F)cc3)ccc2c1=CC. The fraction of sp³-hybridized carbons (Fsp3) is 0.182. The lowest BCUT2D eigenvalue weighted by atomic mass is 10.1. The molecule has 3 rings (SSSR count). The third-order valence-electron chi connectivity index (χ3n) is 4.54. The Labute approximate surface area is 155 Å². The Morgan fingerprint density at radius 3 is 2.37 bits per heavy atom. The summed E-state index contributed by atoms with van der Waals surface area (Å²) >= 11 is 0. The van der Waals surface area contributed by atoms with Crippen LogP contribution in [0.2, 0.25) is 0 Å². The summed E-state index contributed by atoms with van der Waals surface area (Å²) in [5, 5.41) is 4.93. The van der Waals surface area contributed by atoms with Crippen LogP contribution in [0.4, 0.5) is 4.39 Å². The average Bonchev–Trinajstić information content (AvgIpc) is 2.66. The maximum atomic E-state index is 13.0. The van der Waals surface area contributed by atoms with E-state index in [1.165, 1.54) is 12.1 Å². The van der Waals surface area contributed by atoms with Gasteiger partial charge in [-0.3, -0.25) is 4.79 Å². The van der Waals surface area contributed by atoms with Crippen LogP contribution >= 0.6 is 0 Å². The van der Waals surface area contributed by atoms with Gasteiger partial charge in [-0.1, -0.05) is 24.3 Å². The number of carbonyl (C=O) groups excluding carboxylic acids is 1. The number of amides is 1. The molecule has 0 fully saturated rings. The molecule has 1 heterocycles. The van der Waals surface area contributed by atoms with Crippen molar-refractivity contribution in [2.45, 2.75) is 26.8 Å². The van der Waals surface area contributed by atoms with Crippen LogP contribution in [0.3, 0.4) is 0 Å². The Kier molecular flexibility index (Phi) is 5.21. The zero-order valence-electron chi connectivity index (χ0n) is 15.4. The zero-order valence-corrected chi connectivity index (χ0v) is 15.4. The van der Waals surface area contributed by atoms with Gasteiger partial charge in [-0.15, -0.1) is 0 Å². The quantitative estimate of drug-likeness (QED) is 0.726. The number of benzene rings is 2. The van der Waals surface area contributed by atoms with E-state index in [4.69, 9.17) is 4.42 Å². The van der Waals surface area contributed by atoms with Gasteiger partial charge >= 0.3 is 5.63 Å². The molecule has 0 aliphatic heterocycles. The summed E-state index contributed by atoms with van der Waals surface area (Å²) in [5.41, 5.74) is 1.11. The molecule has 2 aromatic carbocycles. The Morgan fingerprint density at radius 1 is 1.07 bits per heavy atom. The van der Waals surface area contributed by atoms with E-state index in [0.29, 0.717) is 16.4 Å². The summed E-state index contributed by atoms with van der Waals surface area (Å²) in [6, 6.07) is 10.7. The molecule has 0 aliphatic carbocycles. The molecule has 1 N–H and O–H groups in total. The number of rotatable bonds is 3. The first-order valence-corrected chi connectivity index (χ1v) is 8.70. The number of carbonyl (C=O) groups is 1. The highest BCUT2D eigenvalue weighted by atomic mass is 19.1. The van der Waals surface area contributed by atoms with Gasteiger partial charge in [0.1, 0.15) is 11.4 Å². The van der Waals surface area contributed by atoms with Gasteiger partial charge in [0.25, 0.3) is 5.91 Å². The summed E-state index contributed by atoms with van der Waals surface area (Å²) < 4.78 is 18.4. The van der Waals surface area contributed by atoms with E-state index >= 15 is 0 Å². The molecule has 0 radical (unpaired) electrons. The maximum absolute atomic E-state index is 13.0. The summed E-state index contributed by atoms with van der Waals surface area (Å²) in [6.07, 6.45) is 3.57. The van der Waals surface area contributed by atoms with Gasteiger partial charge in [-0.2, -0.15) is 0 Å². The largest absolute Gasteiger partial charge is 0.422 e. The van der Waals surface area contributed by atoms with Crippen molar-refractivity contribution in [3.8, 4) is 0 Å². The first-order valence-electron chi connectivity index (χ1n) is 8.70. The van der Waals surface area contributed by atoms with Gasteiger partial charge in [0.05, 0.1) is 11.3 Å². The van der Waals surface area contributed by atoms with E-state index in [1.807, 2.05) is 19.9 Å². The minimum atomic E-state index is -0.435. The molecule has 0 spiro atoms. The normalized spacial score (nSPS) is 13.8. The van der Waals surface area contributed by atoms with Crippen LogP contribution in [0.1, 0.15) is 42.7 Å². The van der Waals surface area contributed by atoms with Crippen molar-refractivity contribution >= 4 is 29.0 Å². The summed E-state index contributed by atoms with van der Waals surface area (Å²) in [4.78, 5) is 24.7. The standard InChI is InChI=1S/C22H20FNO3/c1-4-17-18(5-2)22(26)27-20-12-15(8-11-19(17)20)21(25)24-13(3)14-6-9-16(23)10-7-14/h4-13H,1-3H3,(H,24,25). The van der Waals surface area contributed by atoms with E-state index in [1.54, 1.807) is 43.3 Å².